The lowest BCUT2D eigenvalue weighted by atomic mass is 9.75. The van der Waals surface area contributed by atoms with E-state index in [1.54, 1.807) is 0 Å². The zero-order valence-electron chi connectivity index (χ0n) is 19.7. The van der Waals surface area contributed by atoms with Gasteiger partial charge in [-0.1, -0.05) is 74.5 Å². The fourth-order valence-electron chi connectivity index (χ4n) is 5.05. The molecule has 3 rings (SSSR count). The third kappa shape index (κ3) is 6.43. The SMILES string of the molecule is CC[C@](C)(CC(=O)NCC[C@@H](c1ccccc1)[C@H]1CCOC(C)(C)C1)c1ccccc1. The minimum absolute atomic E-state index is 0.0716. The molecule has 1 N–H and O–H groups in total. The standard InChI is InChI=1S/C28H39NO2/c1-5-28(4,24-14-10-7-11-15-24)21-26(30)29-18-16-25(22-12-8-6-9-13-22)23-17-19-31-27(2,3)20-23/h6-15,23,25H,5,16-21H2,1-4H3,(H,29,30)/t23-,25-,28+/m0/s1. The lowest BCUT2D eigenvalue weighted by molar-refractivity contribution is -0.122. The van der Waals surface area contributed by atoms with Gasteiger partial charge >= 0.3 is 0 Å². The number of benzene rings is 2. The molecule has 1 heterocycles. The third-order valence-electron chi connectivity index (χ3n) is 7.11. The number of nitrogens with one attached hydrogen (secondary N) is 1. The molecule has 3 nitrogen and oxygen atoms in total. The van der Waals surface area contributed by atoms with Gasteiger partial charge < -0.3 is 10.1 Å². The summed E-state index contributed by atoms with van der Waals surface area (Å²) in [6.07, 6.45) is 4.56. The first kappa shape index (κ1) is 23.5. The summed E-state index contributed by atoms with van der Waals surface area (Å²) in [7, 11) is 0. The fourth-order valence-corrected chi connectivity index (χ4v) is 5.05. The Bertz CT molecular complexity index is 817. The summed E-state index contributed by atoms with van der Waals surface area (Å²) in [6.45, 7) is 10.3. The van der Waals surface area contributed by atoms with Gasteiger partial charge in [-0.2, -0.15) is 0 Å². The van der Waals surface area contributed by atoms with Crippen molar-refractivity contribution < 1.29 is 9.53 Å². The second-order valence-corrected chi connectivity index (χ2v) is 9.97. The van der Waals surface area contributed by atoms with Crippen molar-refractivity contribution in [1.29, 1.82) is 0 Å². The highest BCUT2D eigenvalue weighted by molar-refractivity contribution is 5.77. The van der Waals surface area contributed by atoms with E-state index in [1.165, 1.54) is 11.1 Å². The van der Waals surface area contributed by atoms with Gasteiger partial charge in [0, 0.05) is 25.0 Å². The topological polar surface area (TPSA) is 38.3 Å². The van der Waals surface area contributed by atoms with Gasteiger partial charge in [-0.05, 0) is 62.5 Å². The van der Waals surface area contributed by atoms with Gasteiger partial charge in [0.15, 0.2) is 0 Å². The molecule has 31 heavy (non-hydrogen) atoms. The molecule has 0 unspecified atom stereocenters. The van der Waals surface area contributed by atoms with Crippen molar-refractivity contribution in [2.45, 2.75) is 76.7 Å². The number of carbonyl (C=O) groups excluding carboxylic acids is 1. The first-order valence-electron chi connectivity index (χ1n) is 11.8. The van der Waals surface area contributed by atoms with Crippen LogP contribution in [0.15, 0.2) is 60.7 Å². The van der Waals surface area contributed by atoms with E-state index in [0.29, 0.717) is 24.8 Å². The third-order valence-corrected chi connectivity index (χ3v) is 7.11. The average molecular weight is 422 g/mol. The highest BCUT2D eigenvalue weighted by Gasteiger charge is 2.34. The van der Waals surface area contributed by atoms with Gasteiger partial charge in [0.1, 0.15) is 0 Å². The Kier molecular flexibility index (Phi) is 7.94. The van der Waals surface area contributed by atoms with Crippen LogP contribution < -0.4 is 5.32 Å². The first-order valence-corrected chi connectivity index (χ1v) is 11.8. The van der Waals surface area contributed by atoms with Crippen LogP contribution in [0.1, 0.15) is 76.8 Å². The van der Waals surface area contributed by atoms with Crippen molar-refractivity contribution in [3.8, 4) is 0 Å². The summed E-state index contributed by atoms with van der Waals surface area (Å²) in [6, 6.07) is 21.2. The molecule has 0 radical (unpaired) electrons. The summed E-state index contributed by atoms with van der Waals surface area (Å²) in [5.41, 5.74) is 2.41. The second-order valence-electron chi connectivity index (χ2n) is 9.97. The zero-order valence-corrected chi connectivity index (χ0v) is 19.7. The maximum absolute atomic E-state index is 12.9. The van der Waals surface area contributed by atoms with Crippen molar-refractivity contribution >= 4 is 5.91 Å². The van der Waals surface area contributed by atoms with Crippen LogP contribution in [0.5, 0.6) is 0 Å². The predicted octanol–water partition coefficient (Wildman–Crippen LogP) is 6.24. The number of carbonyl (C=O) groups is 1. The lowest BCUT2D eigenvalue weighted by Gasteiger charge is -2.39. The Morgan fingerprint density at radius 3 is 2.39 bits per heavy atom. The van der Waals surface area contributed by atoms with Crippen LogP contribution in [-0.2, 0) is 14.9 Å². The summed E-state index contributed by atoms with van der Waals surface area (Å²) < 4.78 is 5.96. The summed E-state index contributed by atoms with van der Waals surface area (Å²) in [5, 5.41) is 3.23. The number of rotatable bonds is 9. The molecule has 3 heteroatoms. The maximum atomic E-state index is 12.9. The van der Waals surface area contributed by atoms with Crippen LogP contribution in [0.4, 0.5) is 0 Å². The second kappa shape index (κ2) is 10.5. The Morgan fingerprint density at radius 1 is 1.13 bits per heavy atom. The van der Waals surface area contributed by atoms with E-state index in [4.69, 9.17) is 4.74 Å². The van der Waals surface area contributed by atoms with Crippen molar-refractivity contribution in [1.82, 2.24) is 5.32 Å². The molecule has 3 atom stereocenters. The van der Waals surface area contributed by atoms with Crippen molar-refractivity contribution in [3.63, 3.8) is 0 Å². The van der Waals surface area contributed by atoms with Crippen LogP contribution >= 0.6 is 0 Å². The van der Waals surface area contributed by atoms with E-state index in [1.807, 2.05) is 6.07 Å². The molecule has 1 aliphatic heterocycles. The molecule has 168 valence electrons. The monoisotopic (exact) mass is 421 g/mol. The molecule has 0 aromatic heterocycles. The Balaban J connectivity index is 1.62. The van der Waals surface area contributed by atoms with Crippen LogP contribution in [0, 0.1) is 5.92 Å². The van der Waals surface area contributed by atoms with Crippen LogP contribution in [0.25, 0.3) is 0 Å². The van der Waals surface area contributed by atoms with E-state index in [9.17, 15) is 4.79 Å². The Labute approximate surface area is 188 Å². The van der Waals surface area contributed by atoms with E-state index in [0.717, 1.165) is 32.3 Å². The predicted molar refractivity (Wildman–Crippen MR) is 128 cm³/mol. The van der Waals surface area contributed by atoms with Gasteiger partial charge in [0.2, 0.25) is 5.91 Å². The normalized spacial score (nSPS) is 21.1. The minimum atomic E-state index is -0.130. The average Bonchev–Trinajstić information content (AvgIpc) is 2.77. The molecule has 1 amide bonds. The van der Waals surface area contributed by atoms with E-state index in [2.05, 4.69) is 87.6 Å². The molecule has 1 fully saturated rings. The number of amides is 1. The van der Waals surface area contributed by atoms with Crippen LogP contribution in [0.2, 0.25) is 0 Å². The minimum Gasteiger partial charge on any atom is -0.376 e. The van der Waals surface area contributed by atoms with Crippen LogP contribution in [-0.4, -0.2) is 24.7 Å². The maximum Gasteiger partial charge on any atom is 0.220 e. The molecule has 1 saturated heterocycles. The van der Waals surface area contributed by atoms with Gasteiger partial charge in [-0.25, -0.2) is 0 Å². The molecule has 0 spiro atoms. The first-order chi connectivity index (χ1) is 14.8. The fraction of sp³-hybridized carbons (Fsp3) is 0.536. The Hall–Kier alpha value is -2.13. The molecule has 2 aromatic carbocycles. The molecular formula is C28H39NO2. The smallest absolute Gasteiger partial charge is 0.220 e. The quantitative estimate of drug-likeness (QED) is 0.520. The number of ether oxygens (including phenoxy) is 1. The molecule has 1 aliphatic rings. The van der Waals surface area contributed by atoms with E-state index < -0.39 is 0 Å². The number of hydrogen-bond donors (Lipinski definition) is 1. The molecule has 0 aliphatic carbocycles. The highest BCUT2D eigenvalue weighted by Crippen LogP contribution is 2.39. The van der Waals surface area contributed by atoms with Crippen molar-refractivity contribution in [2.75, 3.05) is 13.2 Å². The van der Waals surface area contributed by atoms with Gasteiger partial charge in [-0.15, -0.1) is 0 Å². The molecule has 0 bridgehead atoms. The number of hydrogen-bond acceptors (Lipinski definition) is 2. The van der Waals surface area contributed by atoms with Gasteiger partial charge in [0.25, 0.3) is 0 Å². The van der Waals surface area contributed by atoms with E-state index >= 15 is 0 Å². The van der Waals surface area contributed by atoms with Crippen LogP contribution in [0.3, 0.4) is 0 Å². The molecular weight excluding hydrogens is 382 g/mol. The van der Waals surface area contributed by atoms with Crippen molar-refractivity contribution in [3.05, 3.63) is 71.8 Å². The highest BCUT2D eigenvalue weighted by atomic mass is 16.5. The van der Waals surface area contributed by atoms with E-state index in [-0.39, 0.29) is 16.9 Å². The zero-order chi connectivity index (χ0) is 22.3. The Morgan fingerprint density at radius 2 is 1.77 bits per heavy atom. The molecule has 0 saturated carbocycles. The molecule has 2 aromatic rings. The van der Waals surface area contributed by atoms with Gasteiger partial charge in [0.05, 0.1) is 5.60 Å². The summed E-state index contributed by atoms with van der Waals surface area (Å²) in [5.74, 6) is 1.16. The lowest BCUT2D eigenvalue weighted by Crippen LogP contribution is -2.37. The summed E-state index contributed by atoms with van der Waals surface area (Å²) in [4.78, 5) is 12.9. The van der Waals surface area contributed by atoms with Gasteiger partial charge in [-0.3, -0.25) is 4.79 Å². The summed E-state index contributed by atoms with van der Waals surface area (Å²) >= 11 is 0. The largest absolute Gasteiger partial charge is 0.376 e. The van der Waals surface area contributed by atoms with Crippen molar-refractivity contribution in [2.24, 2.45) is 5.92 Å².